The van der Waals surface area contributed by atoms with Crippen molar-refractivity contribution < 1.29 is 36.6 Å². The Balaban J connectivity index is 0.000000297. The highest BCUT2D eigenvalue weighted by molar-refractivity contribution is 7.78. The first-order valence-electron chi connectivity index (χ1n) is 26.9. The number of thiocarbonyl (C=S) groups is 1. The van der Waals surface area contributed by atoms with Gasteiger partial charge in [-0.3, -0.25) is 19.4 Å². The monoisotopic (exact) mass is 1180 g/mol. The van der Waals surface area contributed by atoms with E-state index >= 15 is 0 Å². The van der Waals surface area contributed by atoms with Gasteiger partial charge in [-0.1, -0.05) is 63.8 Å². The maximum Gasteiger partial charge on any atom is 0.239 e. The Kier molecular flexibility index (Phi) is 26.3. The number of halogens is 4. The number of pyridine rings is 2. The molecule has 6 N–H and O–H groups in total. The number of isothiocyanates is 1. The summed E-state index contributed by atoms with van der Waals surface area (Å²) < 4.78 is 68.6. The van der Waals surface area contributed by atoms with E-state index in [2.05, 4.69) is 82.2 Å². The molecule has 452 valence electrons. The van der Waals surface area contributed by atoms with Crippen LogP contribution >= 0.6 is 12.2 Å². The molecule has 84 heavy (non-hydrogen) atoms. The first kappa shape index (κ1) is 68.5. The van der Waals surface area contributed by atoms with E-state index in [4.69, 9.17) is 15.2 Å². The minimum Gasteiger partial charge on any atom is -0.457 e. The summed E-state index contributed by atoms with van der Waals surface area (Å²) in [5.74, 6) is 2.21. The first-order chi connectivity index (χ1) is 38.7. The smallest absolute Gasteiger partial charge is 0.239 e. The number of carbonyl (C=O) groups excluding carboxylic acids is 2. The van der Waals surface area contributed by atoms with E-state index in [1.807, 2.05) is 60.0 Å². The number of likely N-dealkylation sites (tertiary alicyclic amines) is 2. The Morgan fingerprint density at radius 1 is 0.667 bits per heavy atom. The van der Waals surface area contributed by atoms with Gasteiger partial charge in [0, 0.05) is 62.9 Å². The van der Waals surface area contributed by atoms with Gasteiger partial charge in [0.25, 0.3) is 0 Å². The van der Waals surface area contributed by atoms with E-state index in [1.54, 1.807) is 59.4 Å². The number of carbonyl (C=O) groups is 2. The summed E-state index contributed by atoms with van der Waals surface area (Å²) in [6.45, 7) is 16.4. The maximum absolute atomic E-state index is 14.5. The molecule has 2 saturated heterocycles. The van der Waals surface area contributed by atoms with Gasteiger partial charge >= 0.3 is 0 Å². The average molecular weight is 1180 g/mol. The molecule has 21 heteroatoms. The molecule has 2 fully saturated rings. The molecule has 16 nitrogen and oxygen atoms in total. The molecule has 7 aromatic rings. The van der Waals surface area contributed by atoms with Crippen LogP contribution in [-0.2, 0) is 16.6 Å². The van der Waals surface area contributed by atoms with Crippen molar-refractivity contribution in [3.05, 3.63) is 132 Å². The van der Waals surface area contributed by atoms with Gasteiger partial charge in [0.1, 0.15) is 57.8 Å². The number of imidazole rings is 1. The third-order valence-electron chi connectivity index (χ3n) is 13.9. The Hall–Kier alpha value is -7.97. The summed E-state index contributed by atoms with van der Waals surface area (Å²) in [6, 6.07) is 22.3. The number of aliphatic imine (C=N–C) groups is 1. The molecule has 2 aliphatic heterocycles. The Bertz CT molecular complexity index is 3360. The lowest BCUT2D eigenvalue weighted by Crippen LogP contribution is -2.38. The third-order valence-corrected chi connectivity index (χ3v) is 14.0. The number of fused-ring (bicyclic) bond motifs is 1. The lowest BCUT2D eigenvalue weighted by molar-refractivity contribution is -0.118. The zero-order valence-corrected chi connectivity index (χ0v) is 47.7. The summed E-state index contributed by atoms with van der Waals surface area (Å²) in [5.41, 5.74) is 9.88. The van der Waals surface area contributed by atoms with Gasteiger partial charge in [0.05, 0.1) is 46.3 Å². The second-order valence-electron chi connectivity index (χ2n) is 20.9. The highest BCUT2D eigenvalue weighted by atomic mass is 32.1. The number of nitrogen functional groups attached to an aromatic ring is 1. The predicted octanol–water partition coefficient (Wildman–Crippen LogP) is 15.5. The molecule has 0 unspecified atom stereocenters. The van der Waals surface area contributed by atoms with Crippen molar-refractivity contribution in [3.63, 3.8) is 0 Å². The first-order valence-corrected chi connectivity index (χ1v) is 27.3. The summed E-state index contributed by atoms with van der Waals surface area (Å²) in [6.07, 6.45) is 7.69. The van der Waals surface area contributed by atoms with Crippen LogP contribution in [0.25, 0.3) is 11.0 Å². The summed E-state index contributed by atoms with van der Waals surface area (Å²) in [5, 5.41) is 13.8. The fourth-order valence-electron chi connectivity index (χ4n) is 9.11. The fourth-order valence-corrected chi connectivity index (χ4v) is 9.21. The van der Waals surface area contributed by atoms with E-state index in [-0.39, 0.29) is 57.3 Å². The zero-order valence-electron chi connectivity index (χ0n) is 46.9. The van der Waals surface area contributed by atoms with E-state index in [1.165, 1.54) is 12.1 Å². The lowest BCUT2D eigenvalue weighted by Gasteiger charge is -2.29. The van der Waals surface area contributed by atoms with Gasteiger partial charge in [-0.25, -0.2) is 32.5 Å². The van der Waals surface area contributed by atoms with Crippen LogP contribution in [0.3, 0.4) is 0 Å². The Morgan fingerprint density at radius 3 is 1.63 bits per heavy atom. The molecule has 2 aliphatic rings. The van der Waals surface area contributed by atoms with Crippen LogP contribution in [0.5, 0.6) is 23.0 Å². The number of ether oxygens (including phenoxy) is 2. The molecule has 0 bridgehead atoms. The van der Waals surface area contributed by atoms with Crippen LogP contribution in [0.2, 0.25) is 0 Å². The summed E-state index contributed by atoms with van der Waals surface area (Å²) in [7, 11) is 3.62. The van der Waals surface area contributed by atoms with Crippen LogP contribution < -0.4 is 36.5 Å². The number of nitrogens with zero attached hydrogens (tertiary/aromatic N) is 7. The van der Waals surface area contributed by atoms with E-state index in [0.717, 1.165) is 81.1 Å². The standard InChI is InChI=1S/C30H34F2N6O2.C20H27N5O2.C10H9F2NS.3CH4/c1-18(2)22-15-25(24(32)16-23(22)31)34-30-35-26-13-20(5-6-27(26)37(30)4)40-21-7-10-33-28(14-21)36-29(39)17-38-11-8-19(3)9-12-38;1-14-6-9-25(10-7-14)13-20(26)24-19-12-16(5-8-23-19)27-15-3-4-18(22-2)17(21)11-15;1-6(2)7-3-10(13-5-14)9(12)4-8(7)11;;;/h5-7,10,13-16,18-19H,8-9,11-12,17H2,1-4H3,(H,34,35)(H,33,36,39);3-5,8,11-12,14,22H,6-7,9-10,13,21H2,1-2H3,(H,23,24,26);3-4,6H,1-2H3;3*1H4. The van der Waals surface area contributed by atoms with Crippen LogP contribution in [-0.4, -0.2) is 92.6 Å². The molecule has 9 rings (SSSR count). The van der Waals surface area contributed by atoms with Crippen LogP contribution in [0.15, 0.2) is 102 Å². The van der Waals surface area contributed by atoms with Gasteiger partial charge < -0.3 is 41.0 Å². The van der Waals surface area contributed by atoms with Crippen molar-refractivity contribution in [2.24, 2.45) is 23.9 Å². The second kappa shape index (κ2) is 32.2. The SMILES string of the molecule is C.C.C.CC(C)c1cc(N=C=S)c(F)cc1F.CC1CCN(CC(=O)Nc2cc(Oc3ccc4c(c3)nc(Nc3cc(C(C)C)c(F)cc3F)n4C)ccn2)CC1.CNc1ccc(Oc2ccnc(NC(=O)CN3CCC(C)CC3)c2)cc1N. The highest BCUT2D eigenvalue weighted by Gasteiger charge is 2.21. The maximum atomic E-state index is 14.5. The van der Waals surface area contributed by atoms with Crippen molar-refractivity contribution in [2.45, 2.75) is 101 Å². The molecule has 0 spiro atoms. The quantitative estimate of drug-likeness (QED) is 0.0266. The molecular weight excluding hydrogens is 1100 g/mol. The fraction of sp³-hybridized carbons (Fsp3) is 0.397. The molecule has 0 radical (unpaired) electrons. The van der Waals surface area contributed by atoms with Gasteiger partial charge in [-0.15, -0.1) is 0 Å². The van der Waals surface area contributed by atoms with E-state index in [9.17, 15) is 27.2 Å². The summed E-state index contributed by atoms with van der Waals surface area (Å²) in [4.78, 5) is 45.7. The van der Waals surface area contributed by atoms with Crippen molar-refractivity contribution in [1.82, 2.24) is 29.3 Å². The normalized spacial score (nSPS) is 13.5. The van der Waals surface area contributed by atoms with Gasteiger partial charge in [0.15, 0.2) is 5.82 Å². The number of aryl methyl sites for hydroxylation is 1. The van der Waals surface area contributed by atoms with E-state index in [0.29, 0.717) is 81.9 Å². The highest BCUT2D eigenvalue weighted by Crippen LogP contribution is 2.33. The minimum atomic E-state index is -0.718. The second-order valence-corrected chi connectivity index (χ2v) is 21.1. The largest absolute Gasteiger partial charge is 0.457 e. The Morgan fingerprint density at radius 2 is 1.14 bits per heavy atom. The number of benzene rings is 4. The minimum absolute atomic E-state index is 0. The average Bonchev–Trinajstić information content (AvgIpc) is 3.54. The zero-order chi connectivity index (χ0) is 58.3. The number of hydrogen-bond acceptors (Lipinski definition) is 14. The third kappa shape index (κ3) is 19.3. The number of anilines is 6. The summed E-state index contributed by atoms with van der Waals surface area (Å²) >= 11 is 4.36. The molecule has 0 atom stereocenters. The van der Waals surface area contributed by atoms with Gasteiger partial charge in [0.2, 0.25) is 17.8 Å². The number of piperidine rings is 2. The Labute approximate surface area is 497 Å². The van der Waals surface area contributed by atoms with Gasteiger partial charge in [-0.05, 0) is 147 Å². The van der Waals surface area contributed by atoms with Crippen LogP contribution in [0.1, 0.15) is 112 Å². The number of aromatic nitrogens is 4. The lowest BCUT2D eigenvalue weighted by atomic mass is 9.99. The molecular formula is C63H82F4N12O4S. The number of hydrogen-bond donors (Lipinski definition) is 5. The number of nitrogens with one attached hydrogen (secondary N) is 4. The molecule has 0 aliphatic carbocycles. The molecule has 0 saturated carbocycles. The van der Waals surface area contributed by atoms with Crippen LogP contribution in [0.4, 0.5) is 57.9 Å². The molecule has 3 aromatic heterocycles. The van der Waals surface area contributed by atoms with Crippen molar-refractivity contribution in [2.75, 3.05) is 73.3 Å². The van der Waals surface area contributed by atoms with Gasteiger partial charge in [-0.2, -0.15) is 4.99 Å². The predicted molar refractivity (Wildman–Crippen MR) is 336 cm³/mol. The van der Waals surface area contributed by atoms with Crippen molar-refractivity contribution >= 4 is 80.6 Å². The van der Waals surface area contributed by atoms with Crippen molar-refractivity contribution in [1.29, 1.82) is 0 Å². The molecule has 4 aromatic carbocycles. The van der Waals surface area contributed by atoms with Crippen LogP contribution in [0, 0.1) is 35.1 Å². The topological polar surface area (TPSA) is 189 Å². The number of amides is 2. The van der Waals surface area contributed by atoms with Crippen molar-refractivity contribution in [3.8, 4) is 23.0 Å². The number of rotatable bonds is 16. The van der Waals surface area contributed by atoms with E-state index < -0.39 is 23.3 Å². The number of nitrogens with two attached hydrogens (primary N) is 1. The molecule has 2 amide bonds. The molecule has 5 heterocycles.